The third kappa shape index (κ3) is 5.72. The molecule has 0 saturated carbocycles. The van der Waals surface area contributed by atoms with Crippen LogP contribution in [0.4, 0.5) is 0 Å². The smallest absolute Gasteiger partial charge is 0.223 e. The van der Waals surface area contributed by atoms with Crippen molar-refractivity contribution in [2.45, 2.75) is 39.7 Å². The van der Waals surface area contributed by atoms with Gasteiger partial charge in [0, 0.05) is 19.7 Å². The van der Waals surface area contributed by atoms with Crippen molar-refractivity contribution in [2.24, 2.45) is 5.92 Å². The summed E-state index contributed by atoms with van der Waals surface area (Å²) in [5, 5.41) is 2.99. The first kappa shape index (κ1) is 21.6. The van der Waals surface area contributed by atoms with Gasteiger partial charge in [-0.25, -0.2) is 0 Å². The van der Waals surface area contributed by atoms with Gasteiger partial charge >= 0.3 is 0 Å². The number of rotatable bonds is 8. The van der Waals surface area contributed by atoms with Gasteiger partial charge in [-0.3, -0.25) is 9.59 Å². The van der Waals surface area contributed by atoms with Gasteiger partial charge < -0.3 is 15.0 Å². The van der Waals surface area contributed by atoms with Crippen molar-refractivity contribution in [3.05, 3.63) is 71.4 Å². The van der Waals surface area contributed by atoms with Gasteiger partial charge in [-0.1, -0.05) is 50.2 Å². The summed E-state index contributed by atoms with van der Waals surface area (Å²) in [7, 11) is 0. The molecular formula is C25H30N2O3. The number of ether oxygens (including phenoxy) is 1. The molecular weight excluding hydrogens is 376 g/mol. The van der Waals surface area contributed by atoms with Gasteiger partial charge in [0.2, 0.25) is 11.8 Å². The van der Waals surface area contributed by atoms with Crippen LogP contribution in [0.15, 0.2) is 54.7 Å². The summed E-state index contributed by atoms with van der Waals surface area (Å²) < 4.78 is 5.70. The number of hydrogen-bond acceptors (Lipinski definition) is 3. The Morgan fingerprint density at radius 1 is 1.10 bits per heavy atom. The van der Waals surface area contributed by atoms with Crippen LogP contribution in [0.3, 0.4) is 0 Å². The molecule has 0 aliphatic carbocycles. The van der Waals surface area contributed by atoms with E-state index in [1.165, 1.54) is 6.92 Å². The number of amides is 2. The fraction of sp³-hybridized carbons (Fsp3) is 0.360. The van der Waals surface area contributed by atoms with Crippen molar-refractivity contribution >= 4 is 17.9 Å². The predicted molar refractivity (Wildman–Crippen MR) is 119 cm³/mol. The second-order valence-electron chi connectivity index (χ2n) is 8.04. The monoisotopic (exact) mass is 406 g/mol. The highest BCUT2D eigenvalue weighted by atomic mass is 16.5. The molecule has 0 bridgehead atoms. The number of hydrogen-bond donors (Lipinski definition) is 1. The summed E-state index contributed by atoms with van der Waals surface area (Å²) in [4.78, 5) is 26.3. The molecule has 3 rings (SSSR count). The van der Waals surface area contributed by atoms with E-state index >= 15 is 0 Å². The van der Waals surface area contributed by atoms with Gasteiger partial charge in [0.25, 0.3) is 0 Å². The SMILES string of the molecule is CC(=O)N1C=Cc2ccccc2C1CC(=O)NCCc1ccc(OCC(C)C)cc1. The normalized spacial score (nSPS) is 15.1. The van der Waals surface area contributed by atoms with Crippen molar-refractivity contribution in [1.82, 2.24) is 10.2 Å². The predicted octanol–water partition coefficient (Wildman–Crippen LogP) is 4.34. The molecule has 2 aromatic rings. The molecule has 1 aliphatic rings. The molecule has 1 N–H and O–H groups in total. The molecule has 1 atom stereocenters. The quantitative estimate of drug-likeness (QED) is 0.709. The number of carbonyl (C=O) groups is 2. The van der Waals surface area contributed by atoms with Crippen LogP contribution in [0.1, 0.15) is 49.9 Å². The van der Waals surface area contributed by atoms with Crippen LogP contribution in [0.25, 0.3) is 6.08 Å². The Balaban J connectivity index is 1.52. The first-order chi connectivity index (χ1) is 14.4. The molecule has 2 aromatic carbocycles. The number of fused-ring (bicyclic) bond motifs is 1. The zero-order valence-corrected chi connectivity index (χ0v) is 17.9. The third-order valence-corrected chi connectivity index (χ3v) is 5.09. The Morgan fingerprint density at radius 3 is 2.53 bits per heavy atom. The van der Waals surface area contributed by atoms with E-state index in [1.54, 1.807) is 11.1 Å². The minimum atomic E-state index is -0.277. The Hall–Kier alpha value is -3.08. The Morgan fingerprint density at radius 2 is 1.83 bits per heavy atom. The van der Waals surface area contributed by atoms with Crippen molar-refractivity contribution in [2.75, 3.05) is 13.2 Å². The molecule has 2 amide bonds. The zero-order chi connectivity index (χ0) is 21.5. The van der Waals surface area contributed by atoms with Crippen LogP contribution in [-0.4, -0.2) is 29.9 Å². The first-order valence-corrected chi connectivity index (χ1v) is 10.5. The van der Waals surface area contributed by atoms with Crippen LogP contribution in [-0.2, 0) is 16.0 Å². The lowest BCUT2D eigenvalue weighted by atomic mass is 9.93. The summed E-state index contributed by atoms with van der Waals surface area (Å²) in [6, 6.07) is 15.6. The topological polar surface area (TPSA) is 58.6 Å². The molecule has 1 aliphatic heterocycles. The van der Waals surface area contributed by atoms with Crippen LogP contribution >= 0.6 is 0 Å². The van der Waals surface area contributed by atoms with Gasteiger partial charge in [0.15, 0.2) is 0 Å². The van der Waals surface area contributed by atoms with Crippen LogP contribution in [0, 0.1) is 5.92 Å². The maximum absolute atomic E-state index is 12.6. The molecule has 158 valence electrons. The standard InChI is InChI=1S/C25H30N2O3/c1-18(2)17-30-22-10-8-20(9-11-22)12-14-26-25(29)16-24-23-7-5-4-6-21(23)13-15-27(24)19(3)28/h4-11,13,15,18,24H,12,14,16-17H2,1-3H3,(H,26,29). The lowest BCUT2D eigenvalue weighted by Crippen LogP contribution is -2.35. The van der Waals surface area contributed by atoms with E-state index in [-0.39, 0.29) is 24.3 Å². The molecule has 1 heterocycles. The van der Waals surface area contributed by atoms with E-state index in [2.05, 4.69) is 19.2 Å². The van der Waals surface area contributed by atoms with Crippen molar-refractivity contribution in [3.8, 4) is 5.75 Å². The lowest BCUT2D eigenvalue weighted by molar-refractivity contribution is -0.129. The number of nitrogens with zero attached hydrogens (tertiary/aromatic N) is 1. The lowest BCUT2D eigenvalue weighted by Gasteiger charge is -2.32. The Labute approximate surface area is 178 Å². The summed E-state index contributed by atoms with van der Waals surface area (Å²) in [6.07, 6.45) is 4.67. The van der Waals surface area contributed by atoms with E-state index < -0.39 is 0 Å². The van der Waals surface area contributed by atoms with Crippen LogP contribution in [0.5, 0.6) is 5.75 Å². The number of nitrogens with one attached hydrogen (secondary N) is 1. The molecule has 0 saturated heterocycles. The largest absolute Gasteiger partial charge is 0.493 e. The summed E-state index contributed by atoms with van der Waals surface area (Å²) in [5.41, 5.74) is 3.19. The van der Waals surface area contributed by atoms with E-state index in [0.29, 0.717) is 19.1 Å². The van der Waals surface area contributed by atoms with E-state index in [0.717, 1.165) is 28.9 Å². The number of carbonyl (C=O) groups excluding carboxylic acids is 2. The Bertz CT molecular complexity index is 903. The summed E-state index contributed by atoms with van der Waals surface area (Å²) in [6.45, 7) is 7.02. The second kappa shape index (κ2) is 10.1. The Kier molecular flexibility index (Phi) is 7.28. The molecule has 30 heavy (non-hydrogen) atoms. The van der Waals surface area contributed by atoms with E-state index in [4.69, 9.17) is 4.74 Å². The zero-order valence-electron chi connectivity index (χ0n) is 17.9. The second-order valence-corrected chi connectivity index (χ2v) is 8.04. The number of benzene rings is 2. The van der Waals surface area contributed by atoms with E-state index in [1.807, 2.05) is 54.6 Å². The molecule has 5 nitrogen and oxygen atoms in total. The molecule has 1 unspecified atom stereocenters. The minimum Gasteiger partial charge on any atom is -0.493 e. The van der Waals surface area contributed by atoms with Crippen molar-refractivity contribution in [3.63, 3.8) is 0 Å². The summed E-state index contributed by atoms with van der Waals surface area (Å²) in [5.74, 6) is 1.22. The average Bonchev–Trinajstić information content (AvgIpc) is 2.73. The van der Waals surface area contributed by atoms with Crippen molar-refractivity contribution in [1.29, 1.82) is 0 Å². The maximum atomic E-state index is 12.6. The average molecular weight is 407 g/mol. The molecule has 0 aromatic heterocycles. The third-order valence-electron chi connectivity index (χ3n) is 5.09. The molecule has 0 fully saturated rings. The molecule has 0 spiro atoms. The van der Waals surface area contributed by atoms with Crippen molar-refractivity contribution < 1.29 is 14.3 Å². The van der Waals surface area contributed by atoms with Gasteiger partial charge in [0.05, 0.1) is 19.1 Å². The van der Waals surface area contributed by atoms with Crippen LogP contribution < -0.4 is 10.1 Å². The van der Waals surface area contributed by atoms with Gasteiger partial charge in [-0.05, 0) is 47.2 Å². The minimum absolute atomic E-state index is 0.0618. The highest BCUT2D eigenvalue weighted by Crippen LogP contribution is 2.32. The maximum Gasteiger partial charge on any atom is 0.223 e. The van der Waals surface area contributed by atoms with Crippen LogP contribution in [0.2, 0.25) is 0 Å². The summed E-state index contributed by atoms with van der Waals surface area (Å²) >= 11 is 0. The van der Waals surface area contributed by atoms with Gasteiger partial charge in [0.1, 0.15) is 5.75 Å². The highest BCUT2D eigenvalue weighted by Gasteiger charge is 2.27. The fourth-order valence-corrected chi connectivity index (χ4v) is 3.52. The van der Waals surface area contributed by atoms with Gasteiger partial charge in [-0.2, -0.15) is 0 Å². The van der Waals surface area contributed by atoms with E-state index in [9.17, 15) is 9.59 Å². The first-order valence-electron chi connectivity index (χ1n) is 10.5. The molecule has 5 heteroatoms. The van der Waals surface area contributed by atoms with Gasteiger partial charge in [-0.15, -0.1) is 0 Å². The fourth-order valence-electron chi connectivity index (χ4n) is 3.52. The highest BCUT2D eigenvalue weighted by molar-refractivity contribution is 5.81. The molecule has 0 radical (unpaired) electrons.